The number of ketones is 1. The van der Waals surface area contributed by atoms with E-state index in [1.165, 1.54) is 24.3 Å². The summed E-state index contributed by atoms with van der Waals surface area (Å²) in [7, 11) is -3.69. The molecule has 2 aliphatic heterocycles. The number of sulfonamides is 1. The van der Waals surface area contributed by atoms with E-state index in [1.807, 2.05) is 41.1 Å². The molecule has 0 amide bonds. The maximum Gasteiger partial charge on any atom is 0.236 e. The number of carbonyl (C=O) groups is 1. The molecule has 0 saturated heterocycles. The Morgan fingerprint density at radius 1 is 0.946 bits per heavy atom. The van der Waals surface area contributed by atoms with Crippen LogP contribution in [0, 0.1) is 5.82 Å². The SMILES string of the molecule is O=C1CC(c2ccc(NS(=O)(=O)Cc3ccc(F)cc3)cc2)c2cccn2-c2cc3c(cc21)OCCO3. The monoisotopic (exact) mass is 518 g/mol. The minimum absolute atomic E-state index is 0.00949. The quantitative estimate of drug-likeness (QED) is 0.400. The van der Waals surface area contributed by atoms with Gasteiger partial charge in [-0.25, -0.2) is 12.8 Å². The van der Waals surface area contributed by atoms with Crippen molar-refractivity contribution >= 4 is 21.5 Å². The molecule has 4 aromatic rings. The molecule has 0 radical (unpaired) electrons. The Balaban J connectivity index is 1.27. The first-order valence-corrected chi connectivity index (χ1v) is 13.5. The zero-order valence-electron chi connectivity index (χ0n) is 19.7. The summed E-state index contributed by atoms with van der Waals surface area (Å²) < 4.78 is 54.4. The van der Waals surface area contributed by atoms with Gasteiger partial charge in [0, 0.05) is 41.5 Å². The summed E-state index contributed by atoms with van der Waals surface area (Å²) in [4.78, 5) is 13.4. The molecule has 1 aromatic heterocycles. The highest BCUT2D eigenvalue weighted by molar-refractivity contribution is 7.91. The minimum atomic E-state index is -3.69. The number of nitrogens with one attached hydrogen (secondary N) is 1. The summed E-state index contributed by atoms with van der Waals surface area (Å²) >= 11 is 0. The predicted molar refractivity (Wildman–Crippen MR) is 137 cm³/mol. The van der Waals surface area contributed by atoms with Crippen LogP contribution in [0.1, 0.15) is 39.5 Å². The molecule has 0 bridgehead atoms. The molecule has 2 aliphatic rings. The third-order valence-electron chi connectivity index (χ3n) is 6.60. The molecular formula is C28H23FN2O5S. The van der Waals surface area contributed by atoms with Gasteiger partial charge in [-0.15, -0.1) is 0 Å². The lowest BCUT2D eigenvalue weighted by atomic mass is 9.90. The van der Waals surface area contributed by atoms with Crippen LogP contribution in [0.3, 0.4) is 0 Å². The van der Waals surface area contributed by atoms with Gasteiger partial charge in [0.15, 0.2) is 17.3 Å². The number of aromatic nitrogens is 1. The highest BCUT2D eigenvalue weighted by Gasteiger charge is 2.30. The van der Waals surface area contributed by atoms with Crippen molar-refractivity contribution in [3.8, 4) is 17.2 Å². The highest BCUT2D eigenvalue weighted by atomic mass is 32.2. The largest absolute Gasteiger partial charge is 0.486 e. The van der Waals surface area contributed by atoms with Gasteiger partial charge >= 0.3 is 0 Å². The van der Waals surface area contributed by atoms with E-state index in [0.717, 1.165) is 16.9 Å². The van der Waals surface area contributed by atoms with Crippen LogP contribution in [-0.2, 0) is 15.8 Å². The molecule has 7 nitrogen and oxygen atoms in total. The zero-order valence-corrected chi connectivity index (χ0v) is 20.5. The molecule has 37 heavy (non-hydrogen) atoms. The van der Waals surface area contributed by atoms with Gasteiger partial charge in [-0.2, -0.15) is 0 Å². The molecule has 0 spiro atoms. The summed E-state index contributed by atoms with van der Waals surface area (Å²) in [5, 5.41) is 0. The number of halogens is 1. The van der Waals surface area contributed by atoms with Crippen molar-refractivity contribution in [1.82, 2.24) is 4.57 Å². The number of rotatable bonds is 5. The Morgan fingerprint density at radius 2 is 1.65 bits per heavy atom. The summed E-state index contributed by atoms with van der Waals surface area (Å²) in [6.45, 7) is 0.901. The van der Waals surface area contributed by atoms with E-state index in [0.29, 0.717) is 41.5 Å². The Morgan fingerprint density at radius 3 is 2.38 bits per heavy atom. The van der Waals surface area contributed by atoms with E-state index in [-0.39, 0.29) is 23.9 Å². The van der Waals surface area contributed by atoms with E-state index in [2.05, 4.69) is 4.72 Å². The van der Waals surface area contributed by atoms with Crippen LogP contribution >= 0.6 is 0 Å². The molecule has 3 aromatic carbocycles. The zero-order chi connectivity index (χ0) is 25.6. The van der Waals surface area contributed by atoms with Crippen molar-refractivity contribution in [2.24, 2.45) is 0 Å². The lowest BCUT2D eigenvalue weighted by Crippen LogP contribution is -2.16. The molecule has 0 saturated carbocycles. The van der Waals surface area contributed by atoms with E-state index in [9.17, 15) is 17.6 Å². The second-order valence-electron chi connectivity index (χ2n) is 9.11. The van der Waals surface area contributed by atoms with Crippen LogP contribution in [0.15, 0.2) is 79.0 Å². The number of hydrogen-bond acceptors (Lipinski definition) is 5. The fourth-order valence-corrected chi connectivity index (χ4v) is 6.08. The van der Waals surface area contributed by atoms with Gasteiger partial charge in [-0.05, 0) is 53.6 Å². The number of Topliss-reactive ketones (excluding diaryl/α,β-unsaturated/α-hetero) is 1. The fourth-order valence-electron chi connectivity index (χ4n) is 4.89. The van der Waals surface area contributed by atoms with Gasteiger partial charge in [0.05, 0.1) is 11.4 Å². The number of ether oxygens (including phenoxy) is 2. The minimum Gasteiger partial charge on any atom is -0.486 e. The molecule has 1 N–H and O–H groups in total. The Hall–Kier alpha value is -4.11. The molecule has 188 valence electrons. The van der Waals surface area contributed by atoms with Crippen molar-refractivity contribution in [2.75, 3.05) is 17.9 Å². The summed E-state index contributed by atoms with van der Waals surface area (Å²) in [6, 6.07) is 19.9. The Labute approximate surface area is 213 Å². The molecule has 3 heterocycles. The third-order valence-corrected chi connectivity index (χ3v) is 7.86. The summed E-state index contributed by atoms with van der Waals surface area (Å²) in [5.74, 6) is 0.270. The molecule has 1 unspecified atom stereocenters. The van der Waals surface area contributed by atoms with E-state index >= 15 is 0 Å². The number of benzene rings is 3. The van der Waals surface area contributed by atoms with Gasteiger partial charge in [0.1, 0.15) is 19.0 Å². The lowest BCUT2D eigenvalue weighted by Gasteiger charge is -2.21. The Kier molecular flexibility index (Phi) is 5.72. The normalized spacial score (nSPS) is 16.5. The standard InChI is InChI=1S/C28H23FN2O5S/c29-20-7-3-18(4-8-20)17-37(33,34)30-21-9-5-19(6-10-21)22-14-26(32)23-15-27-28(36-13-12-35-27)16-25(23)31-11-1-2-24(22)31/h1-11,15-16,22,30H,12-14,17H2. The smallest absolute Gasteiger partial charge is 0.236 e. The van der Waals surface area contributed by atoms with Gasteiger partial charge in [0.2, 0.25) is 10.0 Å². The van der Waals surface area contributed by atoms with E-state index in [1.54, 1.807) is 18.2 Å². The van der Waals surface area contributed by atoms with Crippen molar-refractivity contribution in [2.45, 2.75) is 18.1 Å². The predicted octanol–water partition coefficient (Wildman–Crippen LogP) is 5.05. The first-order valence-electron chi connectivity index (χ1n) is 11.9. The topological polar surface area (TPSA) is 86.6 Å². The third kappa shape index (κ3) is 4.58. The number of fused-ring (bicyclic) bond motifs is 4. The van der Waals surface area contributed by atoms with Crippen LogP contribution in [0.4, 0.5) is 10.1 Å². The second-order valence-corrected chi connectivity index (χ2v) is 10.8. The maximum atomic E-state index is 13.4. The first-order chi connectivity index (χ1) is 17.9. The van der Waals surface area contributed by atoms with Crippen LogP contribution < -0.4 is 14.2 Å². The molecule has 6 rings (SSSR count). The van der Waals surface area contributed by atoms with Gasteiger partial charge < -0.3 is 14.0 Å². The number of carbonyl (C=O) groups excluding carboxylic acids is 1. The van der Waals surface area contributed by atoms with Gasteiger partial charge in [-0.3, -0.25) is 9.52 Å². The van der Waals surface area contributed by atoms with Crippen LogP contribution in [0.5, 0.6) is 11.5 Å². The van der Waals surface area contributed by atoms with Gasteiger partial charge in [-0.1, -0.05) is 24.3 Å². The number of nitrogens with zero attached hydrogens (tertiary/aromatic N) is 1. The van der Waals surface area contributed by atoms with E-state index in [4.69, 9.17) is 9.47 Å². The molecule has 9 heteroatoms. The van der Waals surface area contributed by atoms with Crippen LogP contribution in [0.2, 0.25) is 0 Å². The molecule has 1 atom stereocenters. The maximum absolute atomic E-state index is 13.4. The molecule has 0 fully saturated rings. The average Bonchev–Trinajstić information content (AvgIpc) is 3.34. The lowest BCUT2D eigenvalue weighted by molar-refractivity contribution is 0.0978. The summed E-state index contributed by atoms with van der Waals surface area (Å²) in [5.41, 5.74) is 4.07. The van der Waals surface area contributed by atoms with Crippen molar-refractivity contribution in [3.05, 3.63) is 107 Å². The summed E-state index contributed by atoms with van der Waals surface area (Å²) in [6.07, 6.45) is 2.18. The Bertz CT molecular complexity index is 1590. The van der Waals surface area contributed by atoms with Gasteiger partial charge in [0.25, 0.3) is 0 Å². The highest BCUT2D eigenvalue weighted by Crippen LogP contribution is 2.41. The van der Waals surface area contributed by atoms with Crippen LogP contribution in [-0.4, -0.2) is 32.0 Å². The van der Waals surface area contributed by atoms with E-state index < -0.39 is 15.8 Å². The number of hydrogen-bond donors (Lipinski definition) is 1. The molecule has 0 aliphatic carbocycles. The van der Waals surface area contributed by atoms with Crippen LogP contribution in [0.25, 0.3) is 5.69 Å². The number of anilines is 1. The second kappa shape index (κ2) is 9.08. The average molecular weight is 519 g/mol. The molecular weight excluding hydrogens is 495 g/mol. The van der Waals surface area contributed by atoms with Crippen molar-refractivity contribution < 1.29 is 27.1 Å². The van der Waals surface area contributed by atoms with Crippen molar-refractivity contribution in [3.63, 3.8) is 0 Å². The van der Waals surface area contributed by atoms with Crippen molar-refractivity contribution in [1.29, 1.82) is 0 Å². The fraction of sp³-hybridized carbons (Fsp3) is 0.179. The first kappa shape index (κ1) is 23.3.